The molecule has 1 aromatic heterocycles. The van der Waals surface area contributed by atoms with Crippen LogP contribution < -0.4 is 5.32 Å². The van der Waals surface area contributed by atoms with Crippen LogP contribution in [-0.2, 0) is 24.1 Å². The molecule has 6 heteroatoms. The first-order valence-electron chi connectivity index (χ1n) is 8.22. The Morgan fingerprint density at radius 2 is 2.18 bits per heavy atom. The third-order valence-electron chi connectivity index (χ3n) is 3.97. The lowest BCUT2D eigenvalue weighted by Crippen LogP contribution is -2.28. The van der Waals surface area contributed by atoms with Crippen molar-refractivity contribution in [1.82, 2.24) is 15.1 Å². The number of aliphatic hydroxyl groups is 1. The topological polar surface area (TPSA) is 76.4 Å². The zero-order valence-corrected chi connectivity index (χ0v) is 13.6. The van der Waals surface area contributed by atoms with Crippen molar-refractivity contribution in [3.8, 4) is 0 Å². The summed E-state index contributed by atoms with van der Waals surface area (Å²) in [6, 6.07) is 0. The third-order valence-corrected chi connectivity index (χ3v) is 3.97. The normalized spacial score (nSPS) is 18.2. The number of nitrogens with one attached hydrogen (secondary N) is 1. The second kappa shape index (κ2) is 8.29. The molecule has 2 N–H and O–H groups in total. The molecule has 0 fully saturated rings. The molecule has 124 valence electrons. The van der Waals surface area contributed by atoms with E-state index in [0.29, 0.717) is 38.4 Å². The highest BCUT2D eigenvalue weighted by Crippen LogP contribution is 2.20. The van der Waals surface area contributed by atoms with Crippen LogP contribution in [0.5, 0.6) is 0 Å². The van der Waals surface area contributed by atoms with Crippen LogP contribution in [0.1, 0.15) is 48.4 Å². The Labute approximate surface area is 131 Å². The van der Waals surface area contributed by atoms with Gasteiger partial charge in [0.25, 0.3) is 5.91 Å². The van der Waals surface area contributed by atoms with Crippen molar-refractivity contribution >= 4 is 5.91 Å². The number of carbonyl (C=O) groups excluding carboxylic acids is 1. The summed E-state index contributed by atoms with van der Waals surface area (Å²) in [5.41, 5.74) is 2.64. The summed E-state index contributed by atoms with van der Waals surface area (Å²) in [5.74, 6) is 0.0935. The van der Waals surface area contributed by atoms with Gasteiger partial charge < -0.3 is 15.2 Å². The summed E-state index contributed by atoms with van der Waals surface area (Å²) >= 11 is 0. The minimum atomic E-state index is -0.0471. The van der Waals surface area contributed by atoms with Crippen LogP contribution in [0.15, 0.2) is 0 Å². The molecule has 1 aliphatic heterocycles. The lowest BCUT2D eigenvalue weighted by molar-refractivity contribution is 0.0934. The zero-order valence-electron chi connectivity index (χ0n) is 13.6. The van der Waals surface area contributed by atoms with Gasteiger partial charge >= 0.3 is 0 Å². The van der Waals surface area contributed by atoms with Crippen LogP contribution in [0.2, 0.25) is 0 Å². The second-order valence-corrected chi connectivity index (χ2v) is 5.91. The maximum Gasteiger partial charge on any atom is 0.269 e. The molecule has 0 spiro atoms. The number of rotatable bonds is 4. The molecular formula is C16H27N3O3. The van der Waals surface area contributed by atoms with E-state index in [9.17, 15) is 9.90 Å². The molecule has 0 radical (unpaired) electrons. The summed E-state index contributed by atoms with van der Waals surface area (Å²) in [6.07, 6.45) is 3.20. The molecule has 2 heterocycles. The monoisotopic (exact) mass is 309 g/mol. The van der Waals surface area contributed by atoms with Crippen molar-refractivity contribution in [3.05, 3.63) is 17.0 Å². The van der Waals surface area contributed by atoms with Crippen LogP contribution in [0.4, 0.5) is 0 Å². The van der Waals surface area contributed by atoms with E-state index in [0.717, 1.165) is 30.5 Å². The zero-order chi connectivity index (χ0) is 15.9. The molecule has 0 aromatic carbocycles. The summed E-state index contributed by atoms with van der Waals surface area (Å²) in [5, 5.41) is 16.9. The van der Waals surface area contributed by atoms with Crippen molar-refractivity contribution in [3.63, 3.8) is 0 Å². The molecule has 0 bridgehead atoms. The molecule has 0 saturated heterocycles. The Kier molecular flexibility index (Phi) is 6.39. The first-order valence-corrected chi connectivity index (χ1v) is 8.22. The number of aryl methyl sites for hydroxylation is 1. The number of nitrogens with zero attached hydrogens (tertiary/aromatic N) is 2. The molecular weight excluding hydrogens is 282 g/mol. The molecule has 1 atom stereocenters. The standard InChI is InChI=1S/C16H27N3O3/c1-3-19-15-13(14(18-19)10-12(2)11-20)6-4-8-22-9-5-7-17-16(15)21/h12,20H,3-11H2,1-2H3,(H,17,21)/t12-/m1/s1. The molecule has 1 aromatic rings. The molecule has 1 amide bonds. The van der Waals surface area contributed by atoms with Crippen LogP contribution in [0, 0.1) is 5.92 Å². The number of hydrogen-bond acceptors (Lipinski definition) is 4. The average molecular weight is 309 g/mol. The van der Waals surface area contributed by atoms with Crippen molar-refractivity contribution in [2.45, 2.75) is 46.1 Å². The average Bonchev–Trinajstić information content (AvgIpc) is 2.84. The first-order chi connectivity index (χ1) is 10.7. The molecule has 2 rings (SSSR count). The van der Waals surface area contributed by atoms with Gasteiger partial charge in [-0.2, -0.15) is 5.10 Å². The predicted molar refractivity (Wildman–Crippen MR) is 83.9 cm³/mol. The maximum atomic E-state index is 12.5. The molecule has 6 nitrogen and oxygen atoms in total. The highest BCUT2D eigenvalue weighted by molar-refractivity contribution is 5.94. The van der Waals surface area contributed by atoms with Crippen molar-refractivity contribution in [1.29, 1.82) is 0 Å². The van der Waals surface area contributed by atoms with Crippen molar-refractivity contribution in [2.75, 3.05) is 26.4 Å². The minimum absolute atomic E-state index is 0.0471. The minimum Gasteiger partial charge on any atom is -0.396 e. The van der Waals surface area contributed by atoms with Gasteiger partial charge in [-0.15, -0.1) is 0 Å². The van der Waals surface area contributed by atoms with Gasteiger partial charge in [0.2, 0.25) is 0 Å². The number of amides is 1. The smallest absolute Gasteiger partial charge is 0.269 e. The molecule has 0 saturated carbocycles. The van der Waals surface area contributed by atoms with Gasteiger partial charge in [0.15, 0.2) is 0 Å². The van der Waals surface area contributed by atoms with Gasteiger partial charge in [0.05, 0.1) is 5.69 Å². The van der Waals surface area contributed by atoms with E-state index >= 15 is 0 Å². The van der Waals surface area contributed by atoms with Gasteiger partial charge in [0.1, 0.15) is 5.69 Å². The highest BCUT2D eigenvalue weighted by atomic mass is 16.5. The Morgan fingerprint density at radius 3 is 2.91 bits per heavy atom. The fraction of sp³-hybridized carbons (Fsp3) is 0.750. The highest BCUT2D eigenvalue weighted by Gasteiger charge is 2.23. The molecule has 22 heavy (non-hydrogen) atoms. The number of ether oxygens (including phenoxy) is 1. The van der Waals surface area contributed by atoms with E-state index < -0.39 is 0 Å². The largest absolute Gasteiger partial charge is 0.396 e. The fourth-order valence-electron chi connectivity index (χ4n) is 2.77. The van der Waals surface area contributed by atoms with Gasteiger partial charge in [0, 0.05) is 38.5 Å². The maximum absolute atomic E-state index is 12.5. The summed E-state index contributed by atoms with van der Waals surface area (Å²) in [4.78, 5) is 12.5. The van der Waals surface area contributed by atoms with Gasteiger partial charge in [-0.05, 0) is 38.5 Å². The van der Waals surface area contributed by atoms with E-state index in [1.807, 2.05) is 13.8 Å². The molecule has 0 unspecified atom stereocenters. The van der Waals surface area contributed by atoms with Crippen LogP contribution in [0.25, 0.3) is 0 Å². The van der Waals surface area contributed by atoms with E-state index in [-0.39, 0.29) is 18.4 Å². The third kappa shape index (κ3) is 4.08. The van der Waals surface area contributed by atoms with Crippen LogP contribution in [0.3, 0.4) is 0 Å². The molecule has 1 aliphatic rings. The van der Waals surface area contributed by atoms with Crippen LogP contribution in [-0.4, -0.2) is 47.2 Å². The lowest BCUT2D eigenvalue weighted by Gasteiger charge is -2.09. The quantitative estimate of drug-likeness (QED) is 0.875. The van der Waals surface area contributed by atoms with Crippen molar-refractivity contribution in [2.24, 2.45) is 5.92 Å². The van der Waals surface area contributed by atoms with Crippen LogP contribution >= 0.6 is 0 Å². The summed E-state index contributed by atoms with van der Waals surface area (Å²) in [7, 11) is 0. The second-order valence-electron chi connectivity index (χ2n) is 5.91. The Bertz CT molecular complexity index is 499. The first kappa shape index (κ1) is 17.0. The Morgan fingerprint density at radius 1 is 1.41 bits per heavy atom. The lowest BCUT2D eigenvalue weighted by atomic mass is 9.99. The van der Waals surface area contributed by atoms with E-state index in [1.165, 1.54) is 0 Å². The SMILES string of the molecule is CCn1nc(C[C@@H](C)CO)c2c1C(=O)NCCCOCCC2. The summed E-state index contributed by atoms with van der Waals surface area (Å²) < 4.78 is 7.37. The fourth-order valence-corrected chi connectivity index (χ4v) is 2.77. The Balaban J connectivity index is 2.34. The van der Waals surface area contributed by atoms with Gasteiger partial charge in [-0.3, -0.25) is 9.48 Å². The predicted octanol–water partition coefficient (Wildman–Crippen LogP) is 1.16. The molecule has 0 aliphatic carbocycles. The van der Waals surface area contributed by atoms with Gasteiger partial charge in [-0.1, -0.05) is 6.92 Å². The van der Waals surface area contributed by atoms with E-state index in [1.54, 1.807) is 4.68 Å². The summed E-state index contributed by atoms with van der Waals surface area (Å²) in [6.45, 7) is 6.79. The number of hydrogen-bond donors (Lipinski definition) is 2. The number of carbonyl (C=O) groups is 1. The van der Waals surface area contributed by atoms with E-state index in [2.05, 4.69) is 10.4 Å². The number of aliphatic hydroxyl groups excluding tert-OH is 1. The number of fused-ring (bicyclic) bond motifs is 1. The Hall–Kier alpha value is -1.40. The van der Waals surface area contributed by atoms with Crippen molar-refractivity contribution < 1.29 is 14.6 Å². The van der Waals surface area contributed by atoms with E-state index in [4.69, 9.17) is 4.74 Å². The van der Waals surface area contributed by atoms with Gasteiger partial charge in [-0.25, -0.2) is 0 Å². The number of aromatic nitrogens is 2.